The first kappa shape index (κ1) is 19.1. The van der Waals surface area contributed by atoms with Gasteiger partial charge in [-0.1, -0.05) is 23.7 Å². The maximum absolute atomic E-state index is 12.7. The fourth-order valence-corrected chi connectivity index (χ4v) is 3.89. The zero-order valence-corrected chi connectivity index (χ0v) is 16.8. The molecule has 6 heteroatoms. The van der Waals surface area contributed by atoms with E-state index in [9.17, 15) is 9.59 Å². The summed E-state index contributed by atoms with van der Waals surface area (Å²) in [4.78, 5) is 32.2. The molecule has 2 fully saturated rings. The number of aromatic nitrogens is 1. The second kappa shape index (κ2) is 8.39. The highest BCUT2D eigenvalue weighted by atomic mass is 35.5. The van der Waals surface area contributed by atoms with Crippen molar-refractivity contribution in [3.63, 3.8) is 0 Å². The lowest BCUT2D eigenvalue weighted by Gasteiger charge is -2.22. The summed E-state index contributed by atoms with van der Waals surface area (Å²) in [5.41, 5.74) is 3.16. The Morgan fingerprint density at radius 1 is 0.964 bits per heavy atom. The van der Waals surface area contributed by atoms with E-state index in [1.165, 1.54) is 0 Å². The average molecular weight is 400 g/mol. The molecule has 2 aromatic rings. The van der Waals surface area contributed by atoms with E-state index in [0.29, 0.717) is 25.9 Å². The molecule has 4 rings (SSSR count). The summed E-state index contributed by atoms with van der Waals surface area (Å²) < 4.78 is 0. The highest BCUT2D eigenvalue weighted by molar-refractivity contribution is 6.30. The number of hydrogen-bond acceptors (Lipinski definition) is 2. The summed E-state index contributed by atoms with van der Waals surface area (Å²) >= 11 is 5.95. The highest BCUT2D eigenvalue weighted by Crippen LogP contribution is 2.31. The molecule has 1 N–H and O–H groups in total. The van der Waals surface area contributed by atoms with E-state index in [-0.39, 0.29) is 17.7 Å². The lowest BCUT2D eigenvalue weighted by molar-refractivity contribution is -0.134. The zero-order valence-electron chi connectivity index (χ0n) is 16.0. The molecule has 1 aliphatic heterocycles. The number of aryl methyl sites for hydroxylation is 1. The molecule has 1 saturated heterocycles. The fourth-order valence-electron chi connectivity index (χ4n) is 3.76. The van der Waals surface area contributed by atoms with Gasteiger partial charge in [-0.2, -0.15) is 0 Å². The van der Waals surface area contributed by atoms with Crippen LogP contribution in [0.25, 0.3) is 11.3 Å². The van der Waals surface area contributed by atoms with Crippen molar-refractivity contribution < 1.29 is 9.59 Å². The van der Waals surface area contributed by atoms with Gasteiger partial charge in [0, 0.05) is 54.9 Å². The third-order valence-electron chi connectivity index (χ3n) is 5.60. The predicted molar refractivity (Wildman–Crippen MR) is 110 cm³/mol. The van der Waals surface area contributed by atoms with E-state index in [1.54, 1.807) is 0 Å². The fraction of sp³-hybridized carbons (Fsp3) is 0.455. The molecular weight excluding hydrogens is 374 g/mol. The molecule has 0 unspecified atom stereocenters. The number of H-pyrrole nitrogens is 1. The smallest absolute Gasteiger partial charge is 0.225 e. The number of halogens is 1. The van der Waals surface area contributed by atoms with Gasteiger partial charge < -0.3 is 14.8 Å². The third kappa shape index (κ3) is 4.58. The molecule has 1 aromatic heterocycles. The van der Waals surface area contributed by atoms with Gasteiger partial charge in [-0.3, -0.25) is 9.59 Å². The molecule has 0 bridgehead atoms. The van der Waals surface area contributed by atoms with Crippen LogP contribution in [0.1, 0.15) is 31.4 Å². The Labute approximate surface area is 170 Å². The van der Waals surface area contributed by atoms with E-state index >= 15 is 0 Å². The summed E-state index contributed by atoms with van der Waals surface area (Å²) in [7, 11) is 0. The number of benzene rings is 1. The quantitative estimate of drug-likeness (QED) is 0.832. The van der Waals surface area contributed by atoms with Crippen LogP contribution in [-0.4, -0.2) is 52.8 Å². The maximum Gasteiger partial charge on any atom is 0.225 e. The first-order chi connectivity index (χ1) is 13.6. The molecular formula is C22H26ClN3O2. The van der Waals surface area contributed by atoms with Gasteiger partial charge in [0.05, 0.1) is 0 Å². The van der Waals surface area contributed by atoms with Crippen LogP contribution in [0.15, 0.2) is 36.4 Å². The lowest BCUT2D eigenvalue weighted by atomic mass is 10.2. The summed E-state index contributed by atoms with van der Waals surface area (Å²) in [6, 6.07) is 11.8. The molecule has 1 aromatic carbocycles. The van der Waals surface area contributed by atoms with Crippen LogP contribution < -0.4 is 0 Å². The van der Waals surface area contributed by atoms with Gasteiger partial charge >= 0.3 is 0 Å². The number of nitrogens with zero attached hydrogens (tertiary/aromatic N) is 2. The first-order valence-electron chi connectivity index (χ1n) is 10.1. The van der Waals surface area contributed by atoms with Crippen LogP contribution in [0.4, 0.5) is 0 Å². The molecule has 2 aliphatic rings. The molecule has 1 saturated carbocycles. The summed E-state index contributed by atoms with van der Waals surface area (Å²) in [6.45, 7) is 2.84. The SMILES string of the molecule is O=C(CCc1ccc(-c2ccc(Cl)cc2)[nH]1)N1CCCN(C(=O)C2CC2)CC1. The minimum atomic E-state index is 0.170. The van der Waals surface area contributed by atoms with Crippen LogP contribution in [0, 0.1) is 5.92 Å². The third-order valence-corrected chi connectivity index (χ3v) is 5.85. The van der Waals surface area contributed by atoms with E-state index in [4.69, 9.17) is 11.6 Å². The van der Waals surface area contributed by atoms with Gasteiger partial charge in [0.25, 0.3) is 0 Å². The second-order valence-electron chi connectivity index (χ2n) is 7.74. The molecule has 1 aliphatic carbocycles. The predicted octanol–water partition coefficient (Wildman–Crippen LogP) is 3.74. The number of amides is 2. The summed E-state index contributed by atoms with van der Waals surface area (Å²) in [5, 5.41) is 0.718. The van der Waals surface area contributed by atoms with Crippen molar-refractivity contribution in [1.82, 2.24) is 14.8 Å². The van der Waals surface area contributed by atoms with Gasteiger partial charge in [0.15, 0.2) is 0 Å². The van der Waals surface area contributed by atoms with Gasteiger partial charge in [-0.15, -0.1) is 0 Å². The normalized spacial score (nSPS) is 17.5. The van der Waals surface area contributed by atoms with Crippen LogP contribution in [-0.2, 0) is 16.0 Å². The van der Waals surface area contributed by atoms with Crippen LogP contribution in [0.3, 0.4) is 0 Å². The van der Waals surface area contributed by atoms with Crippen molar-refractivity contribution in [3.8, 4) is 11.3 Å². The number of carbonyl (C=O) groups is 2. The molecule has 2 heterocycles. The van der Waals surface area contributed by atoms with Gasteiger partial charge in [-0.25, -0.2) is 0 Å². The molecule has 0 spiro atoms. The Kier molecular flexibility index (Phi) is 5.72. The molecule has 5 nitrogen and oxygen atoms in total. The second-order valence-corrected chi connectivity index (χ2v) is 8.17. The maximum atomic E-state index is 12.7. The van der Waals surface area contributed by atoms with E-state index < -0.39 is 0 Å². The summed E-state index contributed by atoms with van der Waals surface area (Å²) in [6.07, 6.45) is 4.11. The van der Waals surface area contributed by atoms with Gasteiger partial charge in [0.2, 0.25) is 11.8 Å². The van der Waals surface area contributed by atoms with Crippen LogP contribution in [0.5, 0.6) is 0 Å². The van der Waals surface area contributed by atoms with Crippen molar-refractivity contribution in [1.29, 1.82) is 0 Å². The molecule has 28 heavy (non-hydrogen) atoms. The minimum Gasteiger partial charge on any atom is -0.358 e. The van der Waals surface area contributed by atoms with Crippen LogP contribution >= 0.6 is 11.6 Å². The Balaban J connectivity index is 1.28. The largest absolute Gasteiger partial charge is 0.358 e. The Morgan fingerprint density at radius 2 is 1.68 bits per heavy atom. The molecule has 2 amide bonds. The van der Waals surface area contributed by atoms with E-state index in [1.807, 2.05) is 46.2 Å². The minimum absolute atomic E-state index is 0.170. The van der Waals surface area contributed by atoms with Crippen molar-refractivity contribution in [3.05, 3.63) is 47.1 Å². The van der Waals surface area contributed by atoms with Crippen molar-refractivity contribution >= 4 is 23.4 Å². The summed E-state index contributed by atoms with van der Waals surface area (Å²) in [5.74, 6) is 0.712. The molecule has 148 valence electrons. The number of carbonyl (C=O) groups excluding carboxylic acids is 2. The van der Waals surface area contributed by atoms with Crippen LogP contribution in [0.2, 0.25) is 5.02 Å². The standard InChI is InChI=1S/C22H26ClN3O2/c23-18-6-4-16(5-7-18)20-10-8-19(24-20)9-11-21(27)25-12-1-13-26(15-14-25)22(28)17-2-3-17/h4-8,10,17,24H,1-3,9,11-15H2. The Bertz CT molecular complexity index is 842. The number of rotatable bonds is 5. The number of aromatic amines is 1. The average Bonchev–Trinajstić information content (AvgIpc) is 3.49. The van der Waals surface area contributed by atoms with Crippen molar-refractivity contribution in [2.24, 2.45) is 5.92 Å². The Hall–Kier alpha value is -2.27. The van der Waals surface area contributed by atoms with Gasteiger partial charge in [-0.05, 0) is 55.5 Å². The zero-order chi connectivity index (χ0) is 19.5. The highest BCUT2D eigenvalue weighted by Gasteiger charge is 2.34. The number of hydrogen-bond donors (Lipinski definition) is 1. The lowest BCUT2D eigenvalue weighted by Crippen LogP contribution is -2.38. The van der Waals surface area contributed by atoms with Gasteiger partial charge in [0.1, 0.15) is 0 Å². The first-order valence-corrected chi connectivity index (χ1v) is 10.5. The molecule has 0 atom stereocenters. The topological polar surface area (TPSA) is 56.4 Å². The van der Waals surface area contributed by atoms with Crippen molar-refractivity contribution in [2.75, 3.05) is 26.2 Å². The number of nitrogens with one attached hydrogen (secondary N) is 1. The molecule has 0 radical (unpaired) electrons. The van der Waals surface area contributed by atoms with Crippen molar-refractivity contribution in [2.45, 2.75) is 32.1 Å². The Morgan fingerprint density at radius 3 is 2.43 bits per heavy atom. The van der Waals surface area contributed by atoms with E-state index in [2.05, 4.69) is 4.98 Å². The van der Waals surface area contributed by atoms with E-state index in [0.717, 1.165) is 54.3 Å². The monoisotopic (exact) mass is 399 g/mol.